The van der Waals surface area contributed by atoms with E-state index in [1.54, 1.807) is 7.11 Å². The van der Waals surface area contributed by atoms with Crippen LogP contribution >= 0.6 is 0 Å². The first-order chi connectivity index (χ1) is 9.44. The van der Waals surface area contributed by atoms with Gasteiger partial charge in [0.25, 0.3) is 0 Å². The van der Waals surface area contributed by atoms with Gasteiger partial charge in [-0.15, -0.1) is 0 Å². The fraction of sp³-hybridized carbons (Fsp3) is 0.588. The minimum atomic E-state index is -0.772. The second-order valence-corrected chi connectivity index (χ2v) is 5.99. The smallest absolute Gasteiger partial charge is 0.314 e. The number of aliphatic carboxylic acids is 1. The summed E-state index contributed by atoms with van der Waals surface area (Å²) in [5.74, 6) is 0.0636. The van der Waals surface area contributed by atoms with E-state index in [-0.39, 0.29) is 0 Å². The molecule has 1 fully saturated rings. The minimum Gasteiger partial charge on any atom is -0.496 e. The lowest BCUT2D eigenvalue weighted by Gasteiger charge is -2.36. The zero-order valence-corrected chi connectivity index (χ0v) is 12.9. The molecule has 0 amide bonds. The molecule has 1 aromatic rings. The summed E-state index contributed by atoms with van der Waals surface area (Å²) in [5, 5.41) is 9.89. The van der Waals surface area contributed by atoms with Gasteiger partial charge in [0.15, 0.2) is 0 Å². The van der Waals surface area contributed by atoms with Crippen molar-refractivity contribution in [3.63, 3.8) is 0 Å². The Bertz CT molecular complexity index is 526. The van der Waals surface area contributed by atoms with Gasteiger partial charge in [-0.2, -0.15) is 0 Å². The van der Waals surface area contributed by atoms with E-state index in [0.29, 0.717) is 12.8 Å². The van der Waals surface area contributed by atoms with Crippen molar-refractivity contribution in [2.75, 3.05) is 7.11 Å². The standard InChI is InChI=1S/C17H24O3/c1-11-10-12(2)14(15(20-4)13(11)3)17(16(18)19)8-6-5-7-9-17/h10H,5-9H2,1-4H3,(H,18,19). The van der Waals surface area contributed by atoms with Gasteiger partial charge in [-0.25, -0.2) is 0 Å². The van der Waals surface area contributed by atoms with Gasteiger partial charge in [-0.3, -0.25) is 4.79 Å². The highest BCUT2D eigenvalue weighted by molar-refractivity contribution is 5.84. The number of carbonyl (C=O) groups is 1. The molecule has 0 aromatic heterocycles. The van der Waals surface area contributed by atoms with Crippen LogP contribution in [0, 0.1) is 20.8 Å². The maximum absolute atomic E-state index is 12.0. The van der Waals surface area contributed by atoms with E-state index >= 15 is 0 Å². The van der Waals surface area contributed by atoms with E-state index in [0.717, 1.165) is 47.3 Å². The van der Waals surface area contributed by atoms with Gasteiger partial charge in [-0.05, 0) is 50.3 Å². The first-order valence-corrected chi connectivity index (χ1v) is 7.32. The van der Waals surface area contributed by atoms with Crippen molar-refractivity contribution in [1.82, 2.24) is 0 Å². The zero-order valence-electron chi connectivity index (χ0n) is 12.9. The molecule has 1 aromatic carbocycles. The van der Waals surface area contributed by atoms with Crippen molar-refractivity contribution in [3.05, 3.63) is 28.3 Å². The third-order valence-corrected chi connectivity index (χ3v) is 4.79. The molecule has 20 heavy (non-hydrogen) atoms. The fourth-order valence-electron chi connectivity index (χ4n) is 3.63. The summed E-state index contributed by atoms with van der Waals surface area (Å²) in [6, 6.07) is 2.09. The number of benzene rings is 1. The number of carboxylic acid groups (broad SMARTS) is 1. The summed E-state index contributed by atoms with van der Waals surface area (Å²) in [6.07, 6.45) is 4.49. The Morgan fingerprint density at radius 1 is 1.15 bits per heavy atom. The molecule has 3 nitrogen and oxygen atoms in total. The average molecular weight is 276 g/mol. The predicted octanol–water partition coefficient (Wildman–Crippen LogP) is 3.91. The van der Waals surface area contributed by atoms with Crippen LogP contribution in [-0.4, -0.2) is 18.2 Å². The lowest BCUT2D eigenvalue weighted by atomic mass is 9.67. The molecule has 1 aliphatic rings. The summed E-state index contributed by atoms with van der Waals surface area (Å²) >= 11 is 0. The van der Waals surface area contributed by atoms with Crippen LogP contribution in [0.25, 0.3) is 0 Å². The van der Waals surface area contributed by atoms with Gasteiger partial charge in [0.05, 0.1) is 12.5 Å². The van der Waals surface area contributed by atoms with Gasteiger partial charge in [-0.1, -0.05) is 25.3 Å². The number of hydrogen-bond acceptors (Lipinski definition) is 2. The molecule has 0 unspecified atom stereocenters. The van der Waals surface area contributed by atoms with Gasteiger partial charge in [0.2, 0.25) is 0 Å². The van der Waals surface area contributed by atoms with Crippen LogP contribution in [0.3, 0.4) is 0 Å². The Kier molecular flexibility index (Phi) is 4.07. The summed E-state index contributed by atoms with van der Waals surface area (Å²) in [7, 11) is 1.64. The molecule has 110 valence electrons. The number of aryl methyl sites for hydroxylation is 2. The zero-order chi connectivity index (χ0) is 14.9. The van der Waals surface area contributed by atoms with E-state index < -0.39 is 11.4 Å². The Labute approximate surface area is 121 Å². The summed E-state index contributed by atoms with van der Waals surface area (Å²) in [5.41, 5.74) is 3.37. The normalized spacial score (nSPS) is 17.8. The Morgan fingerprint density at radius 2 is 1.75 bits per heavy atom. The lowest BCUT2D eigenvalue weighted by Crippen LogP contribution is -2.39. The van der Waals surface area contributed by atoms with Crippen molar-refractivity contribution in [3.8, 4) is 5.75 Å². The van der Waals surface area contributed by atoms with Crippen LogP contribution in [0.4, 0.5) is 0 Å². The summed E-state index contributed by atoms with van der Waals surface area (Å²) < 4.78 is 5.60. The van der Waals surface area contributed by atoms with E-state index in [1.165, 1.54) is 0 Å². The van der Waals surface area contributed by atoms with Crippen molar-refractivity contribution < 1.29 is 14.6 Å². The fourth-order valence-corrected chi connectivity index (χ4v) is 3.63. The molecule has 2 rings (SSSR count). The van der Waals surface area contributed by atoms with E-state index in [1.807, 2.05) is 20.8 Å². The minimum absolute atomic E-state index is 0.707. The average Bonchev–Trinajstić information content (AvgIpc) is 2.43. The lowest BCUT2D eigenvalue weighted by molar-refractivity contribution is -0.145. The molecule has 0 bridgehead atoms. The molecule has 0 radical (unpaired) electrons. The number of carboxylic acids is 1. The summed E-state index contributed by atoms with van der Waals surface area (Å²) in [6.45, 7) is 6.06. The topological polar surface area (TPSA) is 46.5 Å². The first kappa shape index (κ1) is 14.9. The molecule has 0 aliphatic heterocycles. The van der Waals surface area contributed by atoms with Crippen molar-refractivity contribution in [2.45, 2.75) is 58.3 Å². The number of hydrogen-bond donors (Lipinski definition) is 1. The predicted molar refractivity (Wildman–Crippen MR) is 79.6 cm³/mol. The maximum Gasteiger partial charge on any atom is 0.314 e. The van der Waals surface area contributed by atoms with Crippen LogP contribution < -0.4 is 4.74 Å². The van der Waals surface area contributed by atoms with Crippen LogP contribution in [0.2, 0.25) is 0 Å². The Balaban J connectivity index is 2.71. The Hall–Kier alpha value is -1.51. The number of methoxy groups -OCH3 is 1. The third-order valence-electron chi connectivity index (χ3n) is 4.79. The highest BCUT2D eigenvalue weighted by atomic mass is 16.5. The van der Waals surface area contributed by atoms with Gasteiger partial charge >= 0.3 is 5.97 Å². The molecule has 1 saturated carbocycles. The monoisotopic (exact) mass is 276 g/mol. The third kappa shape index (κ3) is 2.19. The van der Waals surface area contributed by atoms with E-state index in [4.69, 9.17) is 4.74 Å². The molecule has 0 heterocycles. The Morgan fingerprint density at radius 3 is 2.25 bits per heavy atom. The van der Waals surface area contributed by atoms with Crippen molar-refractivity contribution in [1.29, 1.82) is 0 Å². The second-order valence-electron chi connectivity index (χ2n) is 5.99. The van der Waals surface area contributed by atoms with Gasteiger partial charge in [0.1, 0.15) is 5.75 Å². The molecular formula is C17H24O3. The number of ether oxygens (including phenoxy) is 1. The first-order valence-electron chi connectivity index (χ1n) is 7.32. The summed E-state index contributed by atoms with van der Waals surface area (Å²) in [4.78, 5) is 12.0. The van der Waals surface area contributed by atoms with Crippen molar-refractivity contribution >= 4 is 5.97 Å². The highest BCUT2D eigenvalue weighted by Gasteiger charge is 2.44. The highest BCUT2D eigenvalue weighted by Crippen LogP contribution is 2.46. The maximum atomic E-state index is 12.0. The number of rotatable bonds is 3. The SMILES string of the molecule is COc1c(C)c(C)cc(C)c1C1(C(=O)O)CCCCC1. The van der Waals surface area contributed by atoms with Crippen LogP contribution in [0.15, 0.2) is 6.07 Å². The molecule has 0 saturated heterocycles. The molecular weight excluding hydrogens is 252 g/mol. The molecule has 0 atom stereocenters. The molecule has 1 aliphatic carbocycles. The van der Waals surface area contributed by atoms with E-state index in [9.17, 15) is 9.90 Å². The van der Waals surface area contributed by atoms with Crippen LogP contribution in [0.1, 0.15) is 54.4 Å². The second kappa shape index (κ2) is 5.47. The molecule has 0 spiro atoms. The van der Waals surface area contributed by atoms with Gasteiger partial charge in [0, 0.05) is 5.56 Å². The van der Waals surface area contributed by atoms with Gasteiger partial charge < -0.3 is 9.84 Å². The van der Waals surface area contributed by atoms with Crippen molar-refractivity contribution in [2.24, 2.45) is 0 Å². The molecule has 3 heteroatoms. The largest absolute Gasteiger partial charge is 0.496 e. The van der Waals surface area contributed by atoms with E-state index in [2.05, 4.69) is 6.07 Å². The van der Waals surface area contributed by atoms with Crippen LogP contribution in [-0.2, 0) is 10.2 Å². The van der Waals surface area contributed by atoms with Crippen LogP contribution in [0.5, 0.6) is 5.75 Å². The quantitative estimate of drug-likeness (QED) is 0.910. The molecule has 1 N–H and O–H groups in total.